The molecule has 5 atom stereocenters. The lowest BCUT2D eigenvalue weighted by Crippen LogP contribution is -2.47. The molecule has 0 amide bonds. The zero-order valence-electron chi connectivity index (χ0n) is 22.2. The highest BCUT2D eigenvalue weighted by Crippen LogP contribution is 2.49. The summed E-state index contributed by atoms with van der Waals surface area (Å²) in [6.45, 7) is 10.0. The summed E-state index contributed by atoms with van der Waals surface area (Å²) in [7, 11) is 7.55. The predicted molar refractivity (Wildman–Crippen MR) is 133 cm³/mol. The Labute approximate surface area is 205 Å². The van der Waals surface area contributed by atoms with Gasteiger partial charge < -0.3 is 18.9 Å². The van der Waals surface area contributed by atoms with E-state index in [4.69, 9.17) is 18.9 Å². The van der Waals surface area contributed by atoms with E-state index in [0.29, 0.717) is 31.0 Å². The van der Waals surface area contributed by atoms with Gasteiger partial charge in [0.2, 0.25) is 0 Å². The third kappa shape index (κ3) is 5.69. The van der Waals surface area contributed by atoms with Gasteiger partial charge in [-0.1, -0.05) is 33.8 Å². The number of methoxy groups -OCH3 is 2. The second-order valence-electron chi connectivity index (χ2n) is 10.5. The number of esters is 1. The standard InChI is InChI=1S/C27H44N2O5/c1-17(2)20-15-22(24-16-21(18(3)4)27(30)34-24)29(28(5)6)26(20)19-10-11-23(32-8)25(14-19)33-13-9-12-31-7/h10-11,14,17-18,20-22,24,26H,9,12-13,15-16H2,1-8H3/t20-,21-,22-,24-,26?/m0/s1. The summed E-state index contributed by atoms with van der Waals surface area (Å²) in [5, 5.41) is 4.61. The molecule has 0 saturated carbocycles. The number of carbonyl (C=O) groups excluding carboxylic acids is 1. The van der Waals surface area contributed by atoms with Crippen molar-refractivity contribution in [2.75, 3.05) is 41.5 Å². The fourth-order valence-electron chi connectivity index (χ4n) is 5.61. The number of hydrazine groups is 1. The van der Waals surface area contributed by atoms with Crippen LogP contribution in [0.1, 0.15) is 58.6 Å². The van der Waals surface area contributed by atoms with Crippen LogP contribution in [0.3, 0.4) is 0 Å². The highest BCUT2D eigenvalue weighted by molar-refractivity contribution is 5.75. The molecule has 2 fully saturated rings. The minimum atomic E-state index is -0.0865. The van der Waals surface area contributed by atoms with Gasteiger partial charge in [0.15, 0.2) is 11.5 Å². The fraction of sp³-hybridized carbons (Fsp3) is 0.741. The van der Waals surface area contributed by atoms with E-state index in [-0.39, 0.29) is 30.1 Å². The first-order valence-corrected chi connectivity index (χ1v) is 12.6. The Hall–Kier alpha value is -1.83. The van der Waals surface area contributed by atoms with Crippen LogP contribution in [-0.2, 0) is 14.3 Å². The number of hydrogen-bond donors (Lipinski definition) is 0. The van der Waals surface area contributed by atoms with Crippen molar-refractivity contribution in [1.82, 2.24) is 10.0 Å². The predicted octanol–water partition coefficient (Wildman–Crippen LogP) is 4.56. The van der Waals surface area contributed by atoms with Crippen molar-refractivity contribution >= 4 is 5.97 Å². The molecule has 0 aliphatic carbocycles. The van der Waals surface area contributed by atoms with Crippen LogP contribution in [0.4, 0.5) is 0 Å². The molecule has 2 aliphatic heterocycles. The van der Waals surface area contributed by atoms with Crippen molar-refractivity contribution in [3.05, 3.63) is 23.8 Å². The summed E-state index contributed by atoms with van der Waals surface area (Å²) >= 11 is 0. The summed E-state index contributed by atoms with van der Waals surface area (Å²) in [5.74, 6) is 2.62. The van der Waals surface area contributed by atoms with Gasteiger partial charge in [0.1, 0.15) is 6.10 Å². The van der Waals surface area contributed by atoms with E-state index in [9.17, 15) is 4.79 Å². The van der Waals surface area contributed by atoms with Gasteiger partial charge in [-0.05, 0) is 48.3 Å². The number of nitrogens with zero attached hydrogens (tertiary/aromatic N) is 2. The maximum atomic E-state index is 12.6. The molecule has 2 saturated heterocycles. The lowest BCUT2D eigenvalue weighted by molar-refractivity contribution is -0.150. The van der Waals surface area contributed by atoms with Gasteiger partial charge in [-0.15, -0.1) is 0 Å². The second kappa shape index (κ2) is 11.7. The van der Waals surface area contributed by atoms with E-state index in [1.165, 1.54) is 5.56 Å². The normalized spacial score (nSPS) is 27.7. The van der Waals surface area contributed by atoms with Gasteiger partial charge in [-0.25, -0.2) is 10.0 Å². The van der Waals surface area contributed by atoms with Crippen molar-refractivity contribution in [1.29, 1.82) is 0 Å². The third-order valence-corrected chi connectivity index (χ3v) is 7.43. The Kier molecular flexibility index (Phi) is 9.24. The van der Waals surface area contributed by atoms with E-state index < -0.39 is 0 Å². The quantitative estimate of drug-likeness (QED) is 0.343. The second-order valence-corrected chi connectivity index (χ2v) is 10.5. The highest BCUT2D eigenvalue weighted by atomic mass is 16.6. The number of carbonyl (C=O) groups is 1. The maximum Gasteiger partial charge on any atom is 0.309 e. The zero-order valence-corrected chi connectivity index (χ0v) is 22.2. The summed E-state index contributed by atoms with van der Waals surface area (Å²) in [4.78, 5) is 12.6. The molecule has 1 unspecified atom stereocenters. The molecule has 34 heavy (non-hydrogen) atoms. The van der Waals surface area contributed by atoms with Crippen LogP contribution in [0.2, 0.25) is 0 Å². The molecule has 0 aromatic heterocycles. The lowest BCUT2D eigenvalue weighted by atomic mass is 9.83. The number of hydrogen-bond acceptors (Lipinski definition) is 7. The van der Waals surface area contributed by atoms with Gasteiger partial charge in [0.05, 0.1) is 31.7 Å². The van der Waals surface area contributed by atoms with Crippen LogP contribution in [0, 0.1) is 23.7 Å². The number of rotatable bonds is 11. The van der Waals surface area contributed by atoms with E-state index in [1.807, 2.05) is 6.07 Å². The molecule has 1 aromatic rings. The Morgan fingerprint density at radius 3 is 2.35 bits per heavy atom. The molecule has 0 bridgehead atoms. The number of cyclic esters (lactones) is 1. The minimum Gasteiger partial charge on any atom is -0.493 e. The van der Waals surface area contributed by atoms with Gasteiger partial charge >= 0.3 is 5.97 Å². The van der Waals surface area contributed by atoms with Crippen molar-refractivity contribution in [3.8, 4) is 11.5 Å². The zero-order chi connectivity index (χ0) is 25.0. The molecule has 0 N–H and O–H groups in total. The van der Waals surface area contributed by atoms with Crippen LogP contribution in [0.25, 0.3) is 0 Å². The Bertz CT molecular complexity index is 812. The molecule has 1 aromatic carbocycles. The molecule has 2 heterocycles. The van der Waals surface area contributed by atoms with Crippen molar-refractivity contribution in [2.45, 2.75) is 65.1 Å². The van der Waals surface area contributed by atoms with Crippen molar-refractivity contribution in [2.24, 2.45) is 23.7 Å². The van der Waals surface area contributed by atoms with Crippen LogP contribution < -0.4 is 9.47 Å². The van der Waals surface area contributed by atoms with E-state index in [0.717, 1.165) is 30.8 Å². The Balaban J connectivity index is 1.92. The Morgan fingerprint density at radius 2 is 1.79 bits per heavy atom. The highest BCUT2D eigenvalue weighted by Gasteiger charge is 2.51. The largest absolute Gasteiger partial charge is 0.493 e. The first-order chi connectivity index (χ1) is 16.2. The van der Waals surface area contributed by atoms with E-state index in [2.05, 4.69) is 63.9 Å². The number of ether oxygens (including phenoxy) is 4. The Morgan fingerprint density at radius 1 is 1.06 bits per heavy atom. The van der Waals surface area contributed by atoms with E-state index in [1.54, 1.807) is 14.2 Å². The first kappa shape index (κ1) is 26.8. The summed E-state index contributed by atoms with van der Waals surface area (Å²) in [6, 6.07) is 6.58. The lowest BCUT2D eigenvalue weighted by Gasteiger charge is -2.39. The fourth-order valence-corrected chi connectivity index (χ4v) is 5.61. The van der Waals surface area contributed by atoms with Crippen molar-refractivity contribution in [3.63, 3.8) is 0 Å². The molecule has 0 spiro atoms. The first-order valence-electron chi connectivity index (χ1n) is 12.6. The van der Waals surface area contributed by atoms with Crippen molar-refractivity contribution < 1.29 is 23.7 Å². The molecule has 7 nitrogen and oxygen atoms in total. The molecule has 192 valence electrons. The van der Waals surface area contributed by atoms with Gasteiger partial charge in [-0.3, -0.25) is 4.79 Å². The monoisotopic (exact) mass is 476 g/mol. The SMILES string of the molecule is COCCCOc1cc(C2[C@H](C(C)C)C[C@@H]([C@@H]3C[C@@H](C(C)C)C(=O)O3)N2N(C)C)ccc1OC. The molecule has 3 rings (SSSR count). The minimum absolute atomic E-state index is 0.0151. The van der Waals surface area contributed by atoms with Gasteiger partial charge in [-0.2, -0.15) is 0 Å². The molecular formula is C27H44N2O5. The van der Waals surface area contributed by atoms with Crippen LogP contribution in [0.15, 0.2) is 18.2 Å². The maximum absolute atomic E-state index is 12.6. The molecule has 2 aliphatic rings. The average Bonchev–Trinajstić information content (AvgIpc) is 3.38. The molecular weight excluding hydrogens is 432 g/mol. The summed E-state index contributed by atoms with van der Waals surface area (Å²) < 4.78 is 22.8. The topological polar surface area (TPSA) is 60.5 Å². The van der Waals surface area contributed by atoms with Crippen LogP contribution >= 0.6 is 0 Å². The summed E-state index contributed by atoms with van der Waals surface area (Å²) in [5.41, 5.74) is 1.20. The van der Waals surface area contributed by atoms with Crippen LogP contribution in [-0.4, -0.2) is 69.7 Å². The summed E-state index contributed by atoms with van der Waals surface area (Å²) in [6.07, 6.45) is 2.51. The number of benzene rings is 1. The molecule has 7 heteroatoms. The average molecular weight is 477 g/mol. The van der Waals surface area contributed by atoms with Crippen LogP contribution in [0.5, 0.6) is 11.5 Å². The van der Waals surface area contributed by atoms with Gasteiger partial charge in [0, 0.05) is 34.2 Å². The van der Waals surface area contributed by atoms with Gasteiger partial charge in [0.25, 0.3) is 0 Å². The third-order valence-electron chi connectivity index (χ3n) is 7.43. The molecule has 0 radical (unpaired) electrons. The van der Waals surface area contributed by atoms with E-state index >= 15 is 0 Å². The smallest absolute Gasteiger partial charge is 0.309 e.